The first-order valence-electron chi connectivity index (χ1n) is 4.99. The standard InChI is InChI=1S/C10H18N4O/c1-6-9(5-11)7(2)14(13-6)8(3)10(15)12-4/h8H,5,11H2,1-4H3,(H,12,15). The molecule has 1 atom stereocenters. The third kappa shape index (κ3) is 2.02. The maximum atomic E-state index is 11.5. The van der Waals surface area contributed by atoms with Gasteiger partial charge in [0, 0.05) is 24.8 Å². The number of aromatic nitrogens is 2. The summed E-state index contributed by atoms with van der Waals surface area (Å²) in [5.74, 6) is -0.0517. The minimum Gasteiger partial charge on any atom is -0.357 e. The SMILES string of the molecule is CNC(=O)C(C)n1nc(C)c(CN)c1C. The Balaban J connectivity index is 3.10. The summed E-state index contributed by atoms with van der Waals surface area (Å²) in [5.41, 5.74) is 8.50. The van der Waals surface area contributed by atoms with Crippen LogP contribution < -0.4 is 11.1 Å². The van der Waals surface area contributed by atoms with E-state index in [1.807, 2.05) is 20.8 Å². The van der Waals surface area contributed by atoms with Crippen LogP contribution in [0.15, 0.2) is 0 Å². The minimum absolute atomic E-state index is 0.0517. The van der Waals surface area contributed by atoms with Crippen molar-refractivity contribution in [2.24, 2.45) is 5.73 Å². The van der Waals surface area contributed by atoms with Crippen LogP contribution in [0.4, 0.5) is 0 Å². The molecule has 84 valence electrons. The zero-order chi connectivity index (χ0) is 11.6. The van der Waals surface area contributed by atoms with Gasteiger partial charge in [0.2, 0.25) is 5.91 Å². The molecular weight excluding hydrogens is 192 g/mol. The van der Waals surface area contributed by atoms with E-state index in [1.54, 1.807) is 11.7 Å². The number of carbonyl (C=O) groups excluding carboxylic acids is 1. The molecule has 15 heavy (non-hydrogen) atoms. The number of aryl methyl sites for hydroxylation is 1. The number of rotatable bonds is 3. The number of nitrogens with two attached hydrogens (primary N) is 1. The lowest BCUT2D eigenvalue weighted by Gasteiger charge is -2.12. The molecule has 0 fully saturated rings. The van der Waals surface area contributed by atoms with Gasteiger partial charge in [-0.2, -0.15) is 5.10 Å². The fourth-order valence-electron chi connectivity index (χ4n) is 1.69. The topological polar surface area (TPSA) is 72.9 Å². The number of nitrogens with zero attached hydrogens (tertiary/aromatic N) is 2. The molecule has 0 spiro atoms. The highest BCUT2D eigenvalue weighted by molar-refractivity contribution is 5.79. The molecule has 1 aromatic rings. The highest BCUT2D eigenvalue weighted by Gasteiger charge is 2.19. The first kappa shape index (κ1) is 11.7. The molecule has 0 aliphatic heterocycles. The lowest BCUT2D eigenvalue weighted by molar-refractivity contribution is -0.123. The van der Waals surface area contributed by atoms with Crippen LogP contribution in [0.2, 0.25) is 0 Å². The monoisotopic (exact) mass is 210 g/mol. The molecule has 1 unspecified atom stereocenters. The van der Waals surface area contributed by atoms with E-state index in [-0.39, 0.29) is 11.9 Å². The second-order valence-corrected chi connectivity index (χ2v) is 3.59. The summed E-state index contributed by atoms with van der Waals surface area (Å²) >= 11 is 0. The van der Waals surface area contributed by atoms with Gasteiger partial charge in [-0.15, -0.1) is 0 Å². The highest BCUT2D eigenvalue weighted by Crippen LogP contribution is 2.16. The Bertz CT molecular complexity index is 370. The third-order valence-corrected chi connectivity index (χ3v) is 2.67. The van der Waals surface area contributed by atoms with Crippen molar-refractivity contribution in [1.82, 2.24) is 15.1 Å². The Labute approximate surface area is 89.6 Å². The quantitative estimate of drug-likeness (QED) is 0.752. The molecule has 1 amide bonds. The molecule has 1 rings (SSSR count). The Morgan fingerprint density at radius 3 is 2.60 bits per heavy atom. The second-order valence-electron chi connectivity index (χ2n) is 3.59. The molecule has 0 bridgehead atoms. The molecule has 5 nitrogen and oxygen atoms in total. The molecule has 1 heterocycles. The second kappa shape index (κ2) is 4.44. The molecule has 0 saturated carbocycles. The van der Waals surface area contributed by atoms with E-state index in [4.69, 9.17) is 5.73 Å². The Kier molecular flexibility index (Phi) is 3.47. The maximum absolute atomic E-state index is 11.5. The maximum Gasteiger partial charge on any atom is 0.244 e. The first-order chi connectivity index (χ1) is 7.02. The van der Waals surface area contributed by atoms with E-state index in [9.17, 15) is 4.79 Å². The summed E-state index contributed by atoms with van der Waals surface area (Å²) in [5, 5.41) is 6.93. The Morgan fingerprint density at radius 1 is 1.60 bits per heavy atom. The third-order valence-electron chi connectivity index (χ3n) is 2.67. The smallest absolute Gasteiger partial charge is 0.244 e. The molecule has 1 aromatic heterocycles. The lowest BCUT2D eigenvalue weighted by Crippen LogP contribution is -2.29. The molecule has 0 aliphatic carbocycles. The van der Waals surface area contributed by atoms with Crippen LogP contribution in [0.1, 0.15) is 29.9 Å². The van der Waals surface area contributed by atoms with Gasteiger partial charge in [0.1, 0.15) is 6.04 Å². The van der Waals surface area contributed by atoms with Crippen molar-refractivity contribution < 1.29 is 4.79 Å². The molecule has 3 N–H and O–H groups in total. The van der Waals surface area contributed by atoms with Gasteiger partial charge in [0.25, 0.3) is 0 Å². The van der Waals surface area contributed by atoms with Crippen LogP contribution in [-0.4, -0.2) is 22.7 Å². The predicted octanol–water partition coefficient (Wildman–Crippen LogP) is 0.266. The summed E-state index contributed by atoms with van der Waals surface area (Å²) < 4.78 is 1.72. The normalized spacial score (nSPS) is 12.6. The predicted molar refractivity (Wildman–Crippen MR) is 58.4 cm³/mol. The fourth-order valence-corrected chi connectivity index (χ4v) is 1.69. The summed E-state index contributed by atoms with van der Waals surface area (Å²) in [6, 6.07) is -0.297. The van der Waals surface area contributed by atoms with Gasteiger partial charge in [-0.1, -0.05) is 0 Å². The first-order valence-corrected chi connectivity index (χ1v) is 4.99. The fraction of sp³-hybridized carbons (Fsp3) is 0.600. The van der Waals surface area contributed by atoms with E-state index < -0.39 is 0 Å². The molecule has 0 aromatic carbocycles. The van der Waals surface area contributed by atoms with Crippen LogP contribution in [0, 0.1) is 13.8 Å². The van der Waals surface area contributed by atoms with Crippen molar-refractivity contribution in [2.45, 2.75) is 33.4 Å². The zero-order valence-corrected chi connectivity index (χ0v) is 9.66. The largest absolute Gasteiger partial charge is 0.357 e. The minimum atomic E-state index is -0.297. The Hall–Kier alpha value is -1.36. The van der Waals surface area contributed by atoms with Crippen molar-refractivity contribution in [3.05, 3.63) is 17.0 Å². The molecule has 0 saturated heterocycles. The van der Waals surface area contributed by atoms with E-state index >= 15 is 0 Å². The number of amides is 1. The molecule has 0 aliphatic rings. The summed E-state index contributed by atoms with van der Waals surface area (Å²) in [6.07, 6.45) is 0. The van der Waals surface area contributed by atoms with Crippen molar-refractivity contribution in [3.63, 3.8) is 0 Å². The van der Waals surface area contributed by atoms with Gasteiger partial charge >= 0.3 is 0 Å². The number of hydrogen-bond acceptors (Lipinski definition) is 3. The number of carbonyl (C=O) groups is 1. The Morgan fingerprint density at radius 2 is 2.20 bits per heavy atom. The van der Waals surface area contributed by atoms with Crippen molar-refractivity contribution in [1.29, 1.82) is 0 Å². The van der Waals surface area contributed by atoms with Crippen molar-refractivity contribution in [2.75, 3.05) is 7.05 Å². The summed E-state index contributed by atoms with van der Waals surface area (Å²) in [6.45, 7) is 6.11. The van der Waals surface area contributed by atoms with Crippen molar-refractivity contribution >= 4 is 5.91 Å². The molecular formula is C10H18N4O. The van der Waals surface area contributed by atoms with Gasteiger partial charge in [-0.3, -0.25) is 9.48 Å². The van der Waals surface area contributed by atoms with Gasteiger partial charge in [-0.25, -0.2) is 0 Å². The summed E-state index contributed by atoms with van der Waals surface area (Å²) in [4.78, 5) is 11.5. The summed E-state index contributed by atoms with van der Waals surface area (Å²) in [7, 11) is 1.62. The van der Waals surface area contributed by atoms with Gasteiger partial charge in [0.05, 0.1) is 5.69 Å². The van der Waals surface area contributed by atoms with E-state index in [1.165, 1.54) is 0 Å². The van der Waals surface area contributed by atoms with E-state index in [0.717, 1.165) is 17.0 Å². The van der Waals surface area contributed by atoms with Crippen LogP contribution in [0.3, 0.4) is 0 Å². The lowest BCUT2D eigenvalue weighted by atomic mass is 10.2. The molecule has 0 radical (unpaired) electrons. The van der Waals surface area contributed by atoms with Gasteiger partial charge in [-0.05, 0) is 20.8 Å². The average Bonchev–Trinajstić information content (AvgIpc) is 2.51. The number of nitrogens with one attached hydrogen (secondary N) is 1. The highest BCUT2D eigenvalue weighted by atomic mass is 16.2. The van der Waals surface area contributed by atoms with Crippen molar-refractivity contribution in [3.8, 4) is 0 Å². The van der Waals surface area contributed by atoms with E-state index in [0.29, 0.717) is 6.54 Å². The number of likely N-dealkylation sites (N-methyl/N-ethyl adjacent to an activating group) is 1. The average molecular weight is 210 g/mol. The van der Waals surface area contributed by atoms with Gasteiger partial charge < -0.3 is 11.1 Å². The van der Waals surface area contributed by atoms with Gasteiger partial charge in [0.15, 0.2) is 0 Å². The molecule has 5 heteroatoms. The van der Waals surface area contributed by atoms with Crippen LogP contribution >= 0.6 is 0 Å². The van der Waals surface area contributed by atoms with Crippen LogP contribution in [0.25, 0.3) is 0 Å². The van der Waals surface area contributed by atoms with Crippen LogP contribution in [0.5, 0.6) is 0 Å². The zero-order valence-electron chi connectivity index (χ0n) is 9.66. The van der Waals surface area contributed by atoms with E-state index in [2.05, 4.69) is 10.4 Å². The number of hydrogen-bond donors (Lipinski definition) is 2. The van der Waals surface area contributed by atoms with Crippen LogP contribution in [-0.2, 0) is 11.3 Å².